The van der Waals surface area contributed by atoms with Gasteiger partial charge in [-0.25, -0.2) is 4.68 Å². The number of ether oxygens (including phenoxy) is 2. The van der Waals surface area contributed by atoms with Gasteiger partial charge in [0.1, 0.15) is 17.2 Å². The fraction of sp³-hybridized carbons (Fsp3) is 0.156. The zero-order valence-electron chi connectivity index (χ0n) is 20.9. The number of hydrogen-bond donors (Lipinski definition) is 0. The van der Waals surface area contributed by atoms with E-state index in [0.29, 0.717) is 6.61 Å². The Balaban J connectivity index is 1.74. The van der Waals surface area contributed by atoms with Crippen LogP contribution < -0.4 is 9.47 Å². The minimum Gasteiger partial charge on any atom is -0.497 e. The molecule has 0 saturated heterocycles. The molecule has 0 N–H and O–H groups in total. The summed E-state index contributed by atoms with van der Waals surface area (Å²) in [6.07, 6.45) is 0.834. The molecule has 180 valence electrons. The van der Waals surface area contributed by atoms with E-state index in [-0.39, 0.29) is 0 Å². The first-order chi connectivity index (χ1) is 17.7. The lowest BCUT2D eigenvalue weighted by molar-refractivity contribution is 0.340. The zero-order chi connectivity index (χ0) is 24.9. The fourth-order valence-electron chi connectivity index (χ4n) is 4.66. The first-order valence-corrected chi connectivity index (χ1v) is 12.4. The highest BCUT2D eigenvalue weighted by molar-refractivity contribution is 5.84. The monoisotopic (exact) mass is 474 g/mol. The van der Waals surface area contributed by atoms with E-state index in [1.165, 1.54) is 5.69 Å². The quantitative estimate of drug-likeness (QED) is 0.230. The largest absolute Gasteiger partial charge is 0.497 e. The predicted molar refractivity (Wildman–Crippen MR) is 147 cm³/mol. The van der Waals surface area contributed by atoms with Crippen LogP contribution in [0, 0.1) is 0 Å². The van der Waals surface area contributed by atoms with Crippen LogP contribution in [0.1, 0.15) is 19.5 Å². The Morgan fingerprint density at radius 3 is 2.14 bits per heavy atom. The Labute approximate surface area is 212 Å². The number of methoxy groups -OCH3 is 1. The standard InChI is InChI=1S/C32H30N2O2/c1-4-29-31(23-12-7-6-8-13-23)32(24-18-20-26(35-3)21-19-24)33-34(29)30-17-10-9-16-28(30)25-14-11-15-27(22-25)36-5-2/h6-22H,4-5H2,1-3H3. The van der Waals surface area contributed by atoms with Gasteiger partial charge in [-0.05, 0) is 66.9 Å². The second kappa shape index (κ2) is 10.5. The number of para-hydroxylation sites is 1. The van der Waals surface area contributed by atoms with Gasteiger partial charge in [0.05, 0.1) is 25.1 Å². The molecule has 0 atom stereocenters. The summed E-state index contributed by atoms with van der Waals surface area (Å²) in [4.78, 5) is 0. The van der Waals surface area contributed by atoms with Gasteiger partial charge in [0, 0.05) is 16.7 Å². The van der Waals surface area contributed by atoms with Crippen molar-refractivity contribution in [2.75, 3.05) is 13.7 Å². The Kier molecular flexibility index (Phi) is 6.85. The number of benzene rings is 4. The van der Waals surface area contributed by atoms with E-state index < -0.39 is 0 Å². The third-order valence-electron chi connectivity index (χ3n) is 6.33. The molecule has 4 nitrogen and oxygen atoms in total. The maximum atomic E-state index is 5.78. The molecule has 0 aliphatic carbocycles. The molecule has 0 fully saturated rings. The molecule has 0 spiro atoms. The molecule has 5 rings (SSSR count). The maximum absolute atomic E-state index is 5.78. The van der Waals surface area contributed by atoms with Crippen molar-refractivity contribution < 1.29 is 9.47 Å². The van der Waals surface area contributed by atoms with E-state index >= 15 is 0 Å². The summed E-state index contributed by atoms with van der Waals surface area (Å²) in [5.41, 5.74) is 8.74. The van der Waals surface area contributed by atoms with Crippen molar-refractivity contribution in [2.45, 2.75) is 20.3 Å². The molecule has 0 aliphatic rings. The molecular formula is C32H30N2O2. The van der Waals surface area contributed by atoms with Gasteiger partial charge in [-0.3, -0.25) is 0 Å². The fourth-order valence-corrected chi connectivity index (χ4v) is 4.66. The molecule has 0 amide bonds. The molecule has 0 radical (unpaired) electrons. The lowest BCUT2D eigenvalue weighted by Gasteiger charge is -2.14. The molecule has 1 aromatic heterocycles. The third-order valence-corrected chi connectivity index (χ3v) is 6.33. The second-order valence-corrected chi connectivity index (χ2v) is 8.51. The van der Waals surface area contributed by atoms with Gasteiger partial charge in [0.15, 0.2) is 0 Å². The minimum absolute atomic E-state index is 0.635. The molecule has 0 bridgehead atoms. The maximum Gasteiger partial charge on any atom is 0.119 e. The van der Waals surface area contributed by atoms with Gasteiger partial charge in [-0.1, -0.05) is 67.6 Å². The van der Waals surface area contributed by atoms with E-state index in [0.717, 1.165) is 57.1 Å². The summed E-state index contributed by atoms with van der Waals surface area (Å²) in [6.45, 7) is 4.83. The summed E-state index contributed by atoms with van der Waals surface area (Å²) in [5.74, 6) is 1.69. The van der Waals surface area contributed by atoms with Crippen LogP contribution in [0.15, 0.2) is 103 Å². The number of rotatable bonds is 8. The van der Waals surface area contributed by atoms with Crippen molar-refractivity contribution in [3.8, 4) is 50.7 Å². The van der Waals surface area contributed by atoms with Crippen molar-refractivity contribution in [1.82, 2.24) is 9.78 Å². The molecule has 5 aromatic rings. The molecule has 4 heteroatoms. The Bertz CT molecular complexity index is 1450. The molecule has 0 saturated carbocycles. The number of aromatic nitrogens is 2. The Hall–Kier alpha value is -4.31. The van der Waals surface area contributed by atoms with Gasteiger partial charge in [-0.2, -0.15) is 5.10 Å². The Morgan fingerprint density at radius 2 is 1.42 bits per heavy atom. The minimum atomic E-state index is 0.635. The Morgan fingerprint density at radius 1 is 0.694 bits per heavy atom. The van der Waals surface area contributed by atoms with Crippen LogP contribution in [0.2, 0.25) is 0 Å². The van der Waals surface area contributed by atoms with Crippen molar-refractivity contribution >= 4 is 0 Å². The van der Waals surface area contributed by atoms with Gasteiger partial charge in [0.2, 0.25) is 0 Å². The topological polar surface area (TPSA) is 36.3 Å². The van der Waals surface area contributed by atoms with Crippen LogP contribution in [0.5, 0.6) is 11.5 Å². The summed E-state index contributed by atoms with van der Waals surface area (Å²) in [6, 6.07) is 35.4. The molecule has 0 unspecified atom stereocenters. The van der Waals surface area contributed by atoms with Crippen molar-refractivity contribution in [3.05, 3.63) is 109 Å². The lowest BCUT2D eigenvalue weighted by Crippen LogP contribution is -2.04. The highest BCUT2D eigenvalue weighted by atomic mass is 16.5. The van der Waals surface area contributed by atoms with Crippen LogP contribution in [0.4, 0.5) is 0 Å². The van der Waals surface area contributed by atoms with E-state index in [1.54, 1.807) is 7.11 Å². The van der Waals surface area contributed by atoms with E-state index in [9.17, 15) is 0 Å². The second-order valence-electron chi connectivity index (χ2n) is 8.51. The summed E-state index contributed by atoms with van der Waals surface area (Å²) < 4.78 is 13.3. The molecular weight excluding hydrogens is 444 g/mol. The third kappa shape index (κ3) is 4.50. The van der Waals surface area contributed by atoms with Gasteiger partial charge in [-0.15, -0.1) is 0 Å². The molecule has 1 heterocycles. The van der Waals surface area contributed by atoms with Crippen molar-refractivity contribution in [3.63, 3.8) is 0 Å². The normalized spacial score (nSPS) is 10.9. The number of hydrogen-bond acceptors (Lipinski definition) is 3. The van der Waals surface area contributed by atoms with Crippen LogP contribution in [-0.2, 0) is 6.42 Å². The highest BCUT2D eigenvalue weighted by Gasteiger charge is 2.22. The van der Waals surface area contributed by atoms with Crippen LogP contribution in [0.25, 0.3) is 39.2 Å². The van der Waals surface area contributed by atoms with Gasteiger partial charge >= 0.3 is 0 Å². The lowest BCUT2D eigenvalue weighted by atomic mass is 9.97. The highest BCUT2D eigenvalue weighted by Crippen LogP contribution is 2.38. The smallest absolute Gasteiger partial charge is 0.119 e. The molecule has 36 heavy (non-hydrogen) atoms. The first-order valence-electron chi connectivity index (χ1n) is 12.4. The van der Waals surface area contributed by atoms with E-state index in [1.807, 2.05) is 37.3 Å². The van der Waals surface area contributed by atoms with Crippen molar-refractivity contribution in [1.29, 1.82) is 0 Å². The summed E-state index contributed by atoms with van der Waals surface area (Å²) in [7, 11) is 1.69. The van der Waals surface area contributed by atoms with Gasteiger partial charge < -0.3 is 9.47 Å². The van der Waals surface area contributed by atoms with E-state index in [2.05, 4.69) is 84.4 Å². The van der Waals surface area contributed by atoms with Crippen LogP contribution >= 0.6 is 0 Å². The average Bonchev–Trinajstić information content (AvgIpc) is 3.33. The van der Waals surface area contributed by atoms with Crippen LogP contribution in [0.3, 0.4) is 0 Å². The molecule has 4 aromatic carbocycles. The SMILES string of the molecule is CCOc1cccc(-c2ccccc2-n2nc(-c3ccc(OC)cc3)c(-c3ccccc3)c2CC)c1. The molecule has 0 aliphatic heterocycles. The van der Waals surface area contributed by atoms with Crippen molar-refractivity contribution in [2.24, 2.45) is 0 Å². The van der Waals surface area contributed by atoms with Crippen LogP contribution in [-0.4, -0.2) is 23.5 Å². The zero-order valence-corrected chi connectivity index (χ0v) is 20.9. The summed E-state index contributed by atoms with van der Waals surface area (Å²) in [5, 5.41) is 5.24. The average molecular weight is 475 g/mol. The number of nitrogens with zero attached hydrogens (tertiary/aromatic N) is 2. The summed E-state index contributed by atoms with van der Waals surface area (Å²) >= 11 is 0. The van der Waals surface area contributed by atoms with Gasteiger partial charge in [0.25, 0.3) is 0 Å². The van der Waals surface area contributed by atoms with E-state index in [4.69, 9.17) is 14.6 Å². The predicted octanol–water partition coefficient (Wildman–Crippen LogP) is 7.84. The first kappa shape index (κ1) is 23.4.